The summed E-state index contributed by atoms with van der Waals surface area (Å²) in [6.07, 6.45) is 6.96. The molecule has 0 aliphatic carbocycles. The summed E-state index contributed by atoms with van der Waals surface area (Å²) in [5.41, 5.74) is 0.414. The van der Waals surface area contributed by atoms with E-state index in [0.29, 0.717) is 31.8 Å². The highest BCUT2D eigenvalue weighted by Crippen LogP contribution is 2.11. The molecule has 1 amide bonds. The van der Waals surface area contributed by atoms with Crippen LogP contribution in [0.15, 0.2) is 12.5 Å². The van der Waals surface area contributed by atoms with Gasteiger partial charge in [0.15, 0.2) is 0 Å². The van der Waals surface area contributed by atoms with E-state index in [2.05, 4.69) is 4.98 Å². The maximum Gasteiger partial charge on any atom is 0.274 e. The fourth-order valence-corrected chi connectivity index (χ4v) is 2.83. The van der Waals surface area contributed by atoms with E-state index in [9.17, 15) is 15.0 Å². The fraction of sp³-hybridized carbons (Fsp3) is 0.765. The minimum atomic E-state index is -0.917. The van der Waals surface area contributed by atoms with Gasteiger partial charge in [0.2, 0.25) is 0 Å². The molecule has 0 saturated carbocycles. The summed E-state index contributed by atoms with van der Waals surface area (Å²) in [4.78, 5) is 18.5. The van der Waals surface area contributed by atoms with Crippen molar-refractivity contribution in [3.63, 3.8) is 0 Å². The summed E-state index contributed by atoms with van der Waals surface area (Å²) in [5.74, 6) is -0.124. The van der Waals surface area contributed by atoms with Crippen molar-refractivity contribution in [2.24, 2.45) is 7.05 Å². The van der Waals surface area contributed by atoms with Gasteiger partial charge in [0.25, 0.3) is 5.91 Å². The van der Waals surface area contributed by atoms with Crippen LogP contribution in [0.3, 0.4) is 0 Å². The average molecular weight is 339 g/mol. The van der Waals surface area contributed by atoms with E-state index in [-0.39, 0.29) is 12.5 Å². The Bertz CT molecular complexity index is 506. The van der Waals surface area contributed by atoms with Crippen LogP contribution in [-0.4, -0.2) is 69.1 Å². The zero-order chi connectivity index (χ0) is 17.4. The lowest BCUT2D eigenvalue weighted by molar-refractivity contribution is -0.0434. The van der Waals surface area contributed by atoms with Gasteiger partial charge in [-0.1, -0.05) is 19.3 Å². The van der Waals surface area contributed by atoms with Crippen molar-refractivity contribution in [1.82, 2.24) is 14.5 Å². The Morgan fingerprint density at radius 2 is 1.92 bits per heavy atom. The zero-order valence-electron chi connectivity index (χ0n) is 14.4. The van der Waals surface area contributed by atoms with Crippen LogP contribution in [0.1, 0.15) is 49.0 Å². The second-order valence-electron chi connectivity index (χ2n) is 6.48. The van der Waals surface area contributed by atoms with Crippen LogP contribution >= 0.6 is 0 Å². The Morgan fingerprint density at radius 3 is 2.67 bits per heavy atom. The smallest absolute Gasteiger partial charge is 0.274 e. The number of rotatable bonds is 1. The maximum atomic E-state index is 12.6. The first-order chi connectivity index (χ1) is 11.6. The molecule has 7 nitrogen and oxygen atoms in total. The average Bonchev–Trinajstić information content (AvgIpc) is 3.00. The Hall–Kier alpha value is -1.44. The highest BCUT2D eigenvalue weighted by atomic mass is 16.5. The minimum Gasteiger partial charge on any atom is -0.390 e. The van der Waals surface area contributed by atoms with Crippen LogP contribution in [0, 0.1) is 0 Å². The molecule has 0 aromatic carbocycles. The number of aliphatic hydroxyl groups is 2. The zero-order valence-corrected chi connectivity index (χ0v) is 14.4. The van der Waals surface area contributed by atoms with Crippen molar-refractivity contribution < 1.29 is 19.7 Å². The standard InChI is InChI=1S/C17H29N3O4/c1-19-11-14(18-13-19)17(23)20-8-5-3-2-4-6-10-24-12-16(22)15(21)7-9-20/h11,13,15-16,21-22H,2-10,12H2,1H3/t15-,16+/m0/s1. The van der Waals surface area contributed by atoms with Crippen molar-refractivity contribution in [3.8, 4) is 0 Å². The molecule has 0 unspecified atom stereocenters. The Labute approximate surface area is 143 Å². The molecule has 2 rings (SSSR count). The largest absolute Gasteiger partial charge is 0.390 e. The second-order valence-corrected chi connectivity index (χ2v) is 6.48. The number of aromatic nitrogens is 2. The van der Waals surface area contributed by atoms with Gasteiger partial charge in [0, 0.05) is 32.9 Å². The molecule has 1 saturated heterocycles. The highest BCUT2D eigenvalue weighted by molar-refractivity contribution is 5.92. The molecule has 1 fully saturated rings. The van der Waals surface area contributed by atoms with Gasteiger partial charge in [-0.05, 0) is 19.3 Å². The molecule has 7 heteroatoms. The molecule has 0 spiro atoms. The van der Waals surface area contributed by atoms with Crippen LogP contribution < -0.4 is 0 Å². The predicted molar refractivity (Wildman–Crippen MR) is 89.6 cm³/mol. The molecule has 2 N–H and O–H groups in total. The molecule has 1 aliphatic rings. The maximum absolute atomic E-state index is 12.6. The van der Waals surface area contributed by atoms with E-state index in [4.69, 9.17) is 4.74 Å². The summed E-state index contributed by atoms with van der Waals surface area (Å²) in [6.45, 7) is 1.80. The van der Waals surface area contributed by atoms with E-state index in [1.807, 2.05) is 7.05 Å². The van der Waals surface area contributed by atoms with Crippen LogP contribution in [0.2, 0.25) is 0 Å². The van der Waals surface area contributed by atoms with Crippen LogP contribution in [0.25, 0.3) is 0 Å². The molecule has 136 valence electrons. The number of ether oxygens (including phenoxy) is 1. The van der Waals surface area contributed by atoms with E-state index < -0.39 is 12.2 Å². The number of amides is 1. The normalized spacial score (nSPS) is 25.2. The Kier molecular flexibility index (Phi) is 7.68. The number of aryl methyl sites for hydroxylation is 1. The monoisotopic (exact) mass is 339 g/mol. The van der Waals surface area contributed by atoms with E-state index in [1.165, 1.54) is 0 Å². The van der Waals surface area contributed by atoms with E-state index >= 15 is 0 Å². The Morgan fingerprint density at radius 1 is 1.17 bits per heavy atom. The fourth-order valence-electron chi connectivity index (χ4n) is 2.83. The SMILES string of the molecule is Cn1cnc(C(=O)N2CCCCCCCOC[C@@H](O)[C@@H](O)CC2)c1. The van der Waals surface area contributed by atoms with Crippen molar-refractivity contribution in [1.29, 1.82) is 0 Å². The van der Waals surface area contributed by atoms with Gasteiger partial charge in [-0.3, -0.25) is 4.79 Å². The predicted octanol–water partition coefficient (Wildman–Crippen LogP) is 0.955. The summed E-state index contributed by atoms with van der Waals surface area (Å²) < 4.78 is 7.15. The van der Waals surface area contributed by atoms with Gasteiger partial charge in [-0.2, -0.15) is 0 Å². The number of carbonyl (C=O) groups excluding carboxylic acids is 1. The number of nitrogens with zero attached hydrogens (tertiary/aromatic N) is 3. The highest BCUT2D eigenvalue weighted by Gasteiger charge is 2.22. The van der Waals surface area contributed by atoms with Crippen molar-refractivity contribution >= 4 is 5.91 Å². The summed E-state index contributed by atoms with van der Waals surface area (Å²) in [5, 5.41) is 20.0. The van der Waals surface area contributed by atoms with Crippen LogP contribution in [0.5, 0.6) is 0 Å². The van der Waals surface area contributed by atoms with Crippen molar-refractivity contribution in [2.75, 3.05) is 26.3 Å². The third-order valence-corrected chi connectivity index (χ3v) is 4.36. The lowest BCUT2D eigenvalue weighted by Crippen LogP contribution is -2.38. The molecular weight excluding hydrogens is 310 g/mol. The molecule has 1 aromatic rings. The number of aliphatic hydroxyl groups excluding tert-OH is 2. The molecule has 1 aliphatic heterocycles. The van der Waals surface area contributed by atoms with Crippen LogP contribution in [-0.2, 0) is 11.8 Å². The summed E-state index contributed by atoms with van der Waals surface area (Å²) in [7, 11) is 1.83. The van der Waals surface area contributed by atoms with E-state index in [1.54, 1.807) is 22.0 Å². The third-order valence-electron chi connectivity index (χ3n) is 4.36. The lowest BCUT2D eigenvalue weighted by atomic mass is 10.1. The summed E-state index contributed by atoms with van der Waals surface area (Å²) >= 11 is 0. The Balaban J connectivity index is 1.99. The van der Waals surface area contributed by atoms with E-state index in [0.717, 1.165) is 32.1 Å². The quantitative estimate of drug-likeness (QED) is 0.795. The molecule has 1 aromatic heterocycles. The van der Waals surface area contributed by atoms with Crippen LogP contribution in [0.4, 0.5) is 0 Å². The molecule has 2 heterocycles. The lowest BCUT2D eigenvalue weighted by Gasteiger charge is -2.25. The first-order valence-corrected chi connectivity index (χ1v) is 8.79. The number of hydrogen-bond donors (Lipinski definition) is 2. The topological polar surface area (TPSA) is 87.8 Å². The van der Waals surface area contributed by atoms with Gasteiger partial charge in [-0.15, -0.1) is 0 Å². The van der Waals surface area contributed by atoms with Gasteiger partial charge in [-0.25, -0.2) is 4.98 Å². The van der Waals surface area contributed by atoms with Gasteiger partial charge < -0.3 is 24.4 Å². The number of carbonyl (C=O) groups is 1. The first kappa shape index (κ1) is 18.9. The van der Waals surface area contributed by atoms with Gasteiger partial charge in [0.05, 0.1) is 19.0 Å². The molecule has 2 atom stereocenters. The number of imidazole rings is 1. The molecule has 0 radical (unpaired) electrons. The number of hydrogen-bond acceptors (Lipinski definition) is 5. The third kappa shape index (κ3) is 5.89. The second kappa shape index (κ2) is 9.76. The summed E-state index contributed by atoms with van der Waals surface area (Å²) in [6, 6.07) is 0. The molecular formula is C17H29N3O4. The van der Waals surface area contributed by atoms with Crippen molar-refractivity contribution in [2.45, 2.75) is 50.7 Å². The molecule has 24 heavy (non-hydrogen) atoms. The first-order valence-electron chi connectivity index (χ1n) is 8.79. The molecule has 0 bridgehead atoms. The van der Waals surface area contributed by atoms with Gasteiger partial charge in [0.1, 0.15) is 11.8 Å². The van der Waals surface area contributed by atoms with Crippen molar-refractivity contribution in [3.05, 3.63) is 18.2 Å². The van der Waals surface area contributed by atoms with Gasteiger partial charge >= 0.3 is 0 Å². The minimum absolute atomic E-state index is 0.124.